The molecular weight excluding hydrogens is 384 g/mol. The number of rotatable bonds is 10. The lowest BCUT2D eigenvalue weighted by Crippen LogP contribution is -2.09. The van der Waals surface area contributed by atoms with Crippen LogP contribution >= 0.6 is 0 Å². The highest BCUT2D eigenvalue weighted by atomic mass is 16.5. The fourth-order valence-corrected chi connectivity index (χ4v) is 2.49. The zero-order chi connectivity index (χ0) is 21.6. The number of carbonyl (C=O) groups is 2. The third-order valence-electron chi connectivity index (χ3n) is 3.94. The van der Waals surface area contributed by atoms with Gasteiger partial charge < -0.3 is 40.6 Å². The van der Waals surface area contributed by atoms with E-state index in [1.54, 1.807) is 0 Å². The monoisotopic (exact) mass is 406 g/mol. The summed E-state index contributed by atoms with van der Waals surface area (Å²) in [5, 5.41) is 18.2. The zero-order valence-electron chi connectivity index (χ0n) is 15.9. The largest absolute Gasteiger partial charge is 0.493 e. The molecule has 0 spiro atoms. The molecule has 0 aliphatic heterocycles. The van der Waals surface area contributed by atoms with Crippen molar-refractivity contribution in [1.82, 2.24) is 0 Å². The molecule has 29 heavy (non-hydrogen) atoms. The summed E-state index contributed by atoms with van der Waals surface area (Å²) < 4.78 is 21.5. The molecule has 10 heteroatoms. The van der Waals surface area contributed by atoms with Gasteiger partial charge in [-0.05, 0) is 0 Å². The third kappa shape index (κ3) is 5.12. The van der Waals surface area contributed by atoms with E-state index in [-0.39, 0.29) is 47.2 Å². The Labute approximate surface area is 166 Å². The SMILES string of the molecule is COc1cc(C(=O)O)c(N)cc1OCCCOc1cc(N)c(C(=O)O)cc1OC. The molecule has 10 nitrogen and oxygen atoms in total. The second kappa shape index (κ2) is 9.40. The minimum atomic E-state index is -1.16. The van der Waals surface area contributed by atoms with Crippen LogP contribution in [0.5, 0.6) is 23.0 Å². The second-order valence-corrected chi connectivity index (χ2v) is 5.84. The van der Waals surface area contributed by atoms with Crippen LogP contribution in [-0.2, 0) is 0 Å². The first kappa shape index (κ1) is 21.5. The number of methoxy groups -OCH3 is 2. The van der Waals surface area contributed by atoms with Crippen molar-refractivity contribution in [1.29, 1.82) is 0 Å². The highest BCUT2D eigenvalue weighted by molar-refractivity contribution is 5.95. The Morgan fingerprint density at radius 3 is 1.45 bits per heavy atom. The average Bonchev–Trinajstić information content (AvgIpc) is 2.67. The Hall–Kier alpha value is -3.82. The molecule has 2 aromatic carbocycles. The zero-order valence-corrected chi connectivity index (χ0v) is 15.9. The molecule has 0 aliphatic carbocycles. The van der Waals surface area contributed by atoms with Crippen molar-refractivity contribution >= 4 is 23.3 Å². The Morgan fingerprint density at radius 1 is 0.759 bits per heavy atom. The minimum absolute atomic E-state index is 0.0586. The summed E-state index contributed by atoms with van der Waals surface area (Å²) in [6.45, 7) is 0.459. The van der Waals surface area contributed by atoms with Crippen molar-refractivity contribution in [2.75, 3.05) is 38.9 Å². The van der Waals surface area contributed by atoms with Crippen molar-refractivity contribution in [2.45, 2.75) is 6.42 Å². The highest BCUT2D eigenvalue weighted by Crippen LogP contribution is 2.33. The van der Waals surface area contributed by atoms with E-state index >= 15 is 0 Å². The Bertz CT molecular complexity index is 840. The average molecular weight is 406 g/mol. The lowest BCUT2D eigenvalue weighted by Gasteiger charge is -2.14. The normalized spacial score (nSPS) is 10.3. The standard InChI is InChI=1S/C19H22N2O8/c1-26-14-6-10(18(22)23)12(20)8-16(14)28-4-3-5-29-17-9-13(21)11(19(24)25)7-15(17)27-2/h6-9H,3-5,20-21H2,1-2H3,(H,22,23)(H,24,25). The Balaban J connectivity index is 1.97. The molecule has 0 atom stereocenters. The lowest BCUT2D eigenvalue weighted by atomic mass is 10.1. The fraction of sp³-hybridized carbons (Fsp3) is 0.263. The molecule has 0 saturated heterocycles. The first-order valence-electron chi connectivity index (χ1n) is 8.45. The van der Waals surface area contributed by atoms with Crippen molar-refractivity contribution in [3.8, 4) is 23.0 Å². The predicted octanol–water partition coefficient (Wildman–Crippen LogP) is 2.11. The second-order valence-electron chi connectivity index (χ2n) is 5.84. The molecule has 2 rings (SSSR count). The quantitative estimate of drug-likeness (QED) is 0.339. The number of carboxylic acids is 2. The van der Waals surface area contributed by atoms with Crippen LogP contribution in [0.2, 0.25) is 0 Å². The topological polar surface area (TPSA) is 164 Å². The van der Waals surface area contributed by atoms with Crippen LogP contribution in [-0.4, -0.2) is 49.6 Å². The molecule has 156 valence electrons. The van der Waals surface area contributed by atoms with E-state index in [2.05, 4.69) is 0 Å². The predicted molar refractivity (Wildman–Crippen MR) is 104 cm³/mol. The van der Waals surface area contributed by atoms with Crippen molar-refractivity contribution in [3.05, 3.63) is 35.4 Å². The number of nitrogens with two attached hydrogens (primary N) is 2. The molecule has 6 N–H and O–H groups in total. The first-order chi connectivity index (χ1) is 13.8. The van der Waals surface area contributed by atoms with Gasteiger partial charge in [0.25, 0.3) is 0 Å². The van der Waals surface area contributed by atoms with Gasteiger partial charge in [-0.1, -0.05) is 0 Å². The van der Waals surface area contributed by atoms with Gasteiger partial charge >= 0.3 is 11.9 Å². The van der Waals surface area contributed by atoms with Crippen LogP contribution in [0.1, 0.15) is 27.1 Å². The molecule has 0 bridgehead atoms. The van der Waals surface area contributed by atoms with Gasteiger partial charge in [0.2, 0.25) is 0 Å². The molecule has 0 aromatic heterocycles. The molecule has 0 unspecified atom stereocenters. The Kier molecular flexibility index (Phi) is 6.96. The van der Waals surface area contributed by atoms with E-state index in [1.165, 1.54) is 38.5 Å². The van der Waals surface area contributed by atoms with Gasteiger partial charge in [0, 0.05) is 30.7 Å². The van der Waals surface area contributed by atoms with Crippen LogP contribution in [0.15, 0.2) is 24.3 Å². The van der Waals surface area contributed by atoms with Gasteiger partial charge in [0.15, 0.2) is 23.0 Å². The van der Waals surface area contributed by atoms with E-state index in [0.717, 1.165) is 0 Å². The molecular formula is C19H22N2O8. The van der Waals surface area contributed by atoms with Crippen LogP contribution in [0.4, 0.5) is 11.4 Å². The van der Waals surface area contributed by atoms with Gasteiger partial charge in [-0.25, -0.2) is 9.59 Å². The van der Waals surface area contributed by atoms with E-state index in [4.69, 9.17) is 40.6 Å². The third-order valence-corrected chi connectivity index (χ3v) is 3.94. The first-order valence-corrected chi connectivity index (χ1v) is 8.45. The van der Waals surface area contributed by atoms with Crippen molar-refractivity contribution in [3.63, 3.8) is 0 Å². The lowest BCUT2D eigenvalue weighted by molar-refractivity contribution is 0.0686. The van der Waals surface area contributed by atoms with Gasteiger partial charge in [-0.15, -0.1) is 0 Å². The molecule has 0 radical (unpaired) electrons. The smallest absolute Gasteiger partial charge is 0.337 e. The van der Waals surface area contributed by atoms with E-state index < -0.39 is 11.9 Å². The number of carboxylic acid groups (broad SMARTS) is 2. The number of nitrogen functional groups attached to an aromatic ring is 2. The molecule has 2 aromatic rings. The summed E-state index contributed by atoms with van der Waals surface area (Å²) in [5.74, 6) is -1.22. The highest BCUT2D eigenvalue weighted by Gasteiger charge is 2.16. The number of anilines is 2. The summed E-state index contributed by atoms with van der Waals surface area (Å²) in [6.07, 6.45) is 0.452. The van der Waals surface area contributed by atoms with Crippen LogP contribution in [0.25, 0.3) is 0 Å². The summed E-state index contributed by atoms with van der Waals surface area (Å²) in [4.78, 5) is 22.3. The van der Waals surface area contributed by atoms with Crippen LogP contribution in [0, 0.1) is 0 Å². The van der Waals surface area contributed by atoms with Crippen molar-refractivity contribution < 1.29 is 38.7 Å². The van der Waals surface area contributed by atoms with Gasteiger partial charge in [0.05, 0.1) is 49.9 Å². The van der Waals surface area contributed by atoms with E-state index in [9.17, 15) is 9.59 Å². The molecule has 0 amide bonds. The summed E-state index contributed by atoms with van der Waals surface area (Å²) >= 11 is 0. The van der Waals surface area contributed by atoms with E-state index in [0.29, 0.717) is 17.9 Å². The summed E-state index contributed by atoms with van der Waals surface area (Å²) in [6, 6.07) is 5.36. The maximum Gasteiger partial charge on any atom is 0.337 e. The van der Waals surface area contributed by atoms with Gasteiger partial charge in [-0.3, -0.25) is 0 Å². The maximum absolute atomic E-state index is 11.1. The minimum Gasteiger partial charge on any atom is -0.493 e. The van der Waals surface area contributed by atoms with Crippen LogP contribution in [0.3, 0.4) is 0 Å². The maximum atomic E-state index is 11.1. The fourth-order valence-electron chi connectivity index (χ4n) is 2.49. The van der Waals surface area contributed by atoms with E-state index in [1.807, 2.05) is 0 Å². The molecule has 0 aliphatic rings. The molecule has 0 heterocycles. The number of benzene rings is 2. The van der Waals surface area contributed by atoms with Gasteiger partial charge in [0.1, 0.15) is 0 Å². The van der Waals surface area contributed by atoms with Crippen molar-refractivity contribution in [2.24, 2.45) is 0 Å². The number of aromatic carboxylic acids is 2. The molecule has 0 fully saturated rings. The Morgan fingerprint density at radius 2 is 1.14 bits per heavy atom. The number of hydrogen-bond acceptors (Lipinski definition) is 8. The molecule has 0 saturated carbocycles. The van der Waals surface area contributed by atoms with Crippen LogP contribution < -0.4 is 30.4 Å². The summed E-state index contributed by atoms with van der Waals surface area (Å²) in [5.41, 5.74) is 11.4. The number of hydrogen-bond donors (Lipinski definition) is 4. The van der Waals surface area contributed by atoms with Gasteiger partial charge in [-0.2, -0.15) is 0 Å². The number of ether oxygens (including phenoxy) is 4. The summed E-state index contributed by atoms with van der Waals surface area (Å²) in [7, 11) is 2.79.